The Bertz CT molecular complexity index is 1800. The number of carbonyl (C=O) groups is 3. The first-order chi connectivity index (χ1) is 26.2. The standard InChI is InChI=1S/C42H64N8O6/c1-39(2,38(54)46-41(5,6)28-40(3,4)43)21-24-56-42(7,8)20-22-45-33(51)18-19-34(52)49-26-29-14-10-11-15-30(29)37-36(31-16-12-13-17-32(31)49)47-48-50(37)35(53)27-55-25-23-44-9/h10-17,35,44,53H,18-28,43H2,1-9H3,(H,45,51)(H,46,54). The molecule has 4 rings (SSSR count). The number of para-hydroxylation sites is 1. The maximum atomic E-state index is 13.9. The summed E-state index contributed by atoms with van der Waals surface area (Å²) >= 11 is 0. The second-order valence-corrected chi connectivity index (χ2v) is 17.4. The van der Waals surface area contributed by atoms with E-state index in [1.165, 1.54) is 4.68 Å². The van der Waals surface area contributed by atoms with Gasteiger partial charge in [-0.25, -0.2) is 4.68 Å². The van der Waals surface area contributed by atoms with Gasteiger partial charge in [0.2, 0.25) is 17.7 Å². The number of nitrogens with one attached hydrogen (secondary N) is 3. The Morgan fingerprint density at radius 2 is 1.59 bits per heavy atom. The van der Waals surface area contributed by atoms with Crippen LogP contribution in [0.4, 0.5) is 5.69 Å². The fourth-order valence-electron chi connectivity index (χ4n) is 7.02. The van der Waals surface area contributed by atoms with Crippen LogP contribution in [0.1, 0.15) is 99.3 Å². The van der Waals surface area contributed by atoms with Gasteiger partial charge in [0, 0.05) is 60.2 Å². The highest BCUT2D eigenvalue weighted by Gasteiger charge is 2.35. The number of amides is 3. The van der Waals surface area contributed by atoms with Crippen LogP contribution in [0.2, 0.25) is 0 Å². The Morgan fingerprint density at radius 3 is 2.29 bits per heavy atom. The lowest BCUT2D eigenvalue weighted by Crippen LogP contribution is -2.53. The Morgan fingerprint density at radius 1 is 0.911 bits per heavy atom. The van der Waals surface area contributed by atoms with Gasteiger partial charge in [-0.1, -0.05) is 61.5 Å². The number of aliphatic hydroxyl groups excluding tert-OH is 1. The minimum atomic E-state index is -1.07. The molecule has 6 N–H and O–H groups in total. The number of benzene rings is 2. The van der Waals surface area contributed by atoms with E-state index in [2.05, 4.69) is 26.3 Å². The van der Waals surface area contributed by atoms with Crippen molar-refractivity contribution in [1.29, 1.82) is 0 Å². The van der Waals surface area contributed by atoms with Crippen molar-refractivity contribution in [3.05, 3.63) is 54.1 Å². The van der Waals surface area contributed by atoms with E-state index in [-0.39, 0.29) is 43.7 Å². The van der Waals surface area contributed by atoms with Gasteiger partial charge in [-0.3, -0.25) is 14.4 Å². The fourth-order valence-corrected chi connectivity index (χ4v) is 7.02. The molecule has 14 nitrogen and oxygen atoms in total. The molecule has 2 aromatic carbocycles. The van der Waals surface area contributed by atoms with E-state index in [0.29, 0.717) is 68.2 Å². The molecule has 1 aromatic heterocycles. The molecular weight excluding hydrogens is 713 g/mol. The minimum Gasteiger partial charge on any atom is -0.375 e. The van der Waals surface area contributed by atoms with Gasteiger partial charge in [0.15, 0.2) is 6.23 Å². The van der Waals surface area contributed by atoms with Crippen LogP contribution in [0, 0.1) is 5.41 Å². The number of hydrogen-bond acceptors (Lipinski definition) is 10. The summed E-state index contributed by atoms with van der Waals surface area (Å²) in [6.45, 7) is 17.7. The number of likely N-dealkylation sites (N-methyl/N-ethyl adjacent to an activating group) is 1. The average molecular weight is 777 g/mol. The molecule has 308 valence electrons. The summed E-state index contributed by atoms with van der Waals surface area (Å²) in [7, 11) is 1.83. The summed E-state index contributed by atoms with van der Waals surface area (Å²) in [6, 6.07) is 15.2. The number of hydrogen-bond donors (Lipinski definition) is 5. The zero-order chi connectivity index (χ0) is 41.3. The average Bonchev–Trinajstić information content (AvgIpc) is 3.54. The van der Waals surface area contributed by atoms with Crippen molar-refractivity contribution in [2.45, 2.75) is 117 Å². The Hall–Kier alpha value is -4.21. The number of nitrogens with two attached hydrogens (primary N) is 1. The molecule has 1 aliphatic heterocycles. The molecule has 1 atom stereocenters. The summed E-state index contributed by atoms with van der Waals surface area (Å²) in [5, 5.41) is 29.1. The van der Waals surface area contributed by atoms with Crippen LogP contribution in [-0.4, -0.2) is 94.5 Å². The summed E-state index contributed by atoms with van der Waals surface area (Å²) in [6.07, 6.45) is 0.655. The highest BCUT2D eigenvalue weighted by molar-refractivity contribution is 6.01. The molecule has 1 aliphatic rings. The molecule has 0 fully saturated rings. The number of aliphatic hydroxyl groups is 1. The number of rotatable bonds is 20. The van der Waals surface area contributed by atoms with Crippen LogP contribution in [0.15, 0.2) is 48.5 Å². The Kier molecular flexibility index (Phi) is 15.0. The molecule has 3 aromatic rings. The highest BCUT2D eigenvalue weighted by atomic mass is 16.5. The molecular formula is C42H64N8O6. The molecule has 0 aliphatic carbocycles. The summed E-state index contributed by atoms with van der Waals surface area (Å²) in [4.78, 5) is 41.8. The van der Waals surface area contributed by atoms with Gasteiger partial charge in [0.25, 0.3) is 0 Å². The molecule has 0 saturated heterocycles. The third-order valence-electron chi connectivity index (χ3n) is 9.89. The number of ether oxygens (including phenoxy) is 2. The van der Waals surface area contributed by atoms with Gasteiger partial charge in [-0.2, -0.15) is 0 Å². The van der Waals surface area contributed by atoms with E-state index >= 15 is 0 Å². The normalized spacial score (nSPS) is 13.9. The maximum Gasteiger partial charge on any atom is 0.227 e. The zero-order valence-electron chi connectivity index (χ0n) is 34.8. The first-order valence-electron chi connectivity index (χ1n) is 19.6. The number of nitrogens with zero attached hydrogens (tertiary/aromatic N) is 4. The van der Waals surface area contributed by atoms with Crippen molar-refractivity contribution < 1.29 is 29.0 Å². The first kappa shape index (κ1) is 44.5. The number of carbonyl (C=O) groups excluding carboxylic acids is 3. The van der Waals surface area contributed by atoms with E-state index in [0.717, 1.165) is 11.1 Å². The van der Waals surface area contributed by atoms with Crippen molar-refractivity contribution in [3.8, 4) is 22.5 Å². The largest absolute Gasteiger partial charge is 0.375 e. The third kappa shape index (κ3) is 12.4. The second-order valence-electron chi connectivity index (χ2n) is 17.4. The third-order valence-corrected chi connectivity index (χ3v) is 9.89. The fraction of sp³-hybridized carbons (Fsp3) is 0.595. The number of fused-ring (bicyclic) bond motifs is 5. The predicted octanol–water partition coefficient (Wildman–Crippen LogP) is 4.71. The molecule has 0 saturated carbocycles. The Balaban J connectivity index is 1.34. The predicted molar refractivity (Wildman–Crippen MR) is 218 cm³/mol. The monoisotopic (exact) mass is 776 g/mol. The molecule has 0 bridgehead atoms. The SMILES string of the molecule is CNCCOCC(O)n1nnc2c1-c1ccccc1CN(C(=O)CCC(=O)NCCC(C)(C)OCCC(C)(C)C(=O)NC(C)(C)CC(C)(C)N)c1ccccc1-2. The minimum absolute atomic E-state index is 0.00116. The van der Waals surface area contributed by atoms with Crippen molar-refractivity contribution in [3.63, 3.8) is 0 Å². The quantitative estimate of drug-likeness (QED) is 0.101. The van der Waals surface area contributed by atoms with E-state index in [9.17, 15) is 19.5 Å². The first-order valence-corrected chi connectivity index (χ1v) is 19.6. The maximum absolute atomic E-state index is 13.9. The highest BCUT2D eigenvalue weighted by Crippen LogP contribution is 2.42. The van der Waals surface area contributed by atoms with Gasteiger partial charge in [0.1, 0.15) is 11.4 Å². The second kappa shape index (κ2) is 18.8. The lowest BCUT2D eigenvalue weighted by molar-refractivity contribution is -0.133. The topological polar surface area (TPSA) is 186 Å². The molecule has 0 radical (unpaired) electrons. The van der Waals surface area contributed by atoms with E-state index < -0.39 is 28.3 Å². The van der Waals surface area contributed by atoms with Crippen molar-refractivity contribution in [2.24, 2.45) is 11.1 Å². The van der Waals surface area contributed by atoms with Gasteiger partial charge >= 0.3 is 0 Å². The van der Waals surface area contributed by atoms with Gasteiger partial charge < -0.3 is 41.2 Å². The zero-order valence-corrected chi connectivity index (χ0v) is 34.8. The molecule has 14 heteroatoms. The van der Waals surface area contributed by atoms with Crippen LogP contribution in [0.25, 0.3) is 22.5 Å². The smallest absolute Gasteiger partial charge is 0.227 e. The van der Waals surface area contributed by atoms with Crippen LogP contribution in [0.5, 0.6) is 0 Å². The molecule has 2 heterocycles. The lowest BCUT2D eigenvalue weighted by atomic mass is 9.84. The molecule has 3 amide bonds. The summed E-state index contributed by atoms with van der Waals surface area (Å²) < 4.78 is 13.3. The van der Waals surface area contributed by atoms with Crippen LogP contribution >= 0.6 is 0 Å². The summed E-state index contributed by atoms with van der Waals surface area (Å²) in [5.41, 5.74) is 8.29. The van der Waals surface area contributed by atoms with Crippen molar-refractivity contribution in [2.75, 3.05) is 44.9 Å². The summed E-state index contributed by atoms with van der Waals surface area (Å²) in [5.74, 6) is -0.484. The lowest BCUT2D eigenvalue weighted by Gasteiger charge is -2.36. The number of aromatic nitrogens is 3. The number of anilines is 1. The molecule has 56 heavy (non-hydrogen) atoms. The van der Waals surface area contributed by atoms with E-state index in [1.54, 1.807) is 4.90 Å². The van der Waals surface area contributed by atoms with Gasteiger partial charge in [-0.15, -0.1) is 5.10 Å². The van der Waals surface area contributed by atoms with Crippen LogP contribution < -0.4 is 26.6 Å². The van der Waals surface area contributed by atoms with Gasteiger partial charge in [0.05, 0.1) is 31.0 Å². The van der Waals surface area contributed by atoms with Crippen LogP contribution in [0.3, 0.4) is 0 Å². The van der Waals surface area contributed by atoms with Gasteiger partial charge in [-0.05, 0) is 79.5 Å². The van der Waals surface area contributed by atoms with E-state index in [1.807, 2.05) is 111 Å². The van der Waals surface area contributed by atoms with Crippen LogP contribution in [-0.2, 0) is 30.4 Å². The van der Waals surface area contributed by atoms with Crippen molar-refractivity contribution in [1.82, 2.24) is 30.9 Å². The molecule has 0 spiro atoms. The Labute approximate surface area is 332 Å². The van der Waals surface area contributed by atoms with E-state index in [4.69, 9.17) is 15.2 Å². The molecule has 1 unspecified atom stereocenters. The van der Waals surface area contributed by atoms with Crippen molar-refractivity contribution >= 4 is 23.4 Å².